The Morgan fingerprint density at radius 2 is 2.00 bits per heavy atom. The number of aromatic nitrogens is 3. The molecule has 4 heteroatoms. The van der Waals surface area contributed by atoms with Gasteiger partial charge in [-0.3, -0.25) is 4.98 Å². The van der Waals surface area contributed by atoms with Crippen LogP contribution < -0.4 is 5.32 Å². The van der Waals surface area contributed by atoms with Gasteiger partial charge in [-0.15, -0.1) is 10.2 Å². The van der Waals surface area contributed by atoms with Crippen LogP contribution in [-0.4, -0.2) is 21.7 Å². The molecule has 0 spiro atoms. The van der Waals surface area contributed by atoms with E-state index in [0.717, 1.165) is 40.9 Å². The van der Waals surface area contributed by atoms with Crippen molar-refractivity contribution in [3.8, 4) is 11.3 Å². The minimum absolute atomic E-state index is 0.814. The molecule has 0 bridgehead atoms. The summed E-state index contributed by atoms with van der Waals surface area (Å²) in [4.78, 5) is 4.36. The first-order valence-electron chi connectivity index (χ1n) is 6.79. The summed E-state index contributed by atoms with van der Waals surface area (Å²) in [5.41, 5.74) is 2.87. The summed E-state index contributed by atoms with van der Waals surface area (Å²) in [7, 11) is 0. The van der Waals surface area contributed by atoms with Crippen molar-refractivity contribution in [1.29, 1.82) is 0 Å². The van der Waals surface area contributed by atoms with Crippen LogP contribution in [0.2, 0.25) is 0 Å². The minimum atomic E-state index is 0.814. The number of nitrogens with zero attached hydrogens (tertiary/aromatic N) is 3. The van der Waals surface area contributed by atoms with Crippen molar-refractivity contribution in [1.82, 2.24) is 15.2 Å². The van der Waals surface area contributed by atoms with Gasteiger partial charge in [0.25, 0.3) is 0 Å². The average molecular weight is 264 g/mol. The van der Waals surface area contributed by atoms with Crippen LogP contribution in [0.4, 0.5) is 5.82 Å². The normalized spacial score (nSPS) is 10.7. The second-order valence-electron chi connectivity index (χ2n) is 4.64. The lowest BCUT2D eigenvalue weighted by atomic mass is 10.1. The van der Waals surface area contributed by atoms with Gasteiger partial charge in [0, 0.05) is 23.7 Å². The Kier molecular flexibility index (Phi) is 3.54. The molecule has 20 heavy (non-hydrogen) atoms. The second-order valence-corrected chi connectivity index (χ2v) is 4.64. The molecular formula is C16H16N4. The van der Waals surface area contributed by atoms with Crippen molar-refractivity contribution in [2.75, 3.05) is 11.9 Å². The number of hydrogen-bond donors (Lipinski definition) is 1. The molecule has 0 aliphatic carbocycles. The molecule has 0 saturated carbocycles. The van der Waals surface area contributed by atoms with Crippen LogP contribution in [0.5, 0.6) is 0 Å². The van der Waals surface area contributed by atoms with E-state index >= 15 is 0 Å². The molecular weight excluding hydrogens is 248 g/mol. The van der Waals surface area contributed by atoms with Crippen molar-refractivity contribution >= 4 is 16.7 Å². The van der Waals surface area contributed by atoms with E-state index in [4.69, 9.17) is 0 Å². The molecule has 0 unspecified atom stereocenters. The maximum Gasteiger partial charge on any atom is 0.148 e. The highest BCUT2D eigenvalue weighted by Gasteiger charge is 2.03. The zero-order valence-corrected chi connectivity index (χ0v) is 11.4. The van der Waals surface area contributed by atoms with Crippen LogP contribution in [0.1, 0.15) is 13.3 Å². The summed E-state index contributed by atoms with van der Waals surface area (Å²) in [6.45, 7) is 3.03. The lowest BCUT2D eigenvalue weighted by Crippen LogP contribution is -2.02. The SMILES string of the molecule is CCCNc1ccc(-c2ccc3cccnc3c2)nn1. The molecule has 0 amide bonds. The number of hydrogen-bond acceptors (Lipinski definition) is 4. The number of rotatable bonds is 4. The van der Waals surface area contributed by atoms with Crippen LogP contribution in [0.15, 0.2) is 48.7 Å². The molecule has 3 rings (SSSR count). The summed E-state index contributed by atoms with van der Waals surface area (Å²) < 4.78 is 0. The third kappa shape index (κ3) is 2.59. The first kappa shape index (κ1) is 12.5. The van der Waals surface area contributed by atoms with Gasteiger partial charge in [0.15, 0.2) is 0 Å². The summed E-state index contributed by atoms with van der Waals surface area (Å²) in [5, 5.41) is 12.8. The zero-order valence-electron chi connectivity index (χ0n) is 11.4. The molecule has 4 nitrogen and oxygen atoms in total. The van der Waals surface area contributed by atoms with E-state index in [2.05, 4.69) is 39.6 Å². The summed E-state index contributed by atoms with van der Waals surface area (Å²) in [5.74, 6) is 0.814. The fourth-order valence-corrected chi connectivity index (χ4v) is 2.06. The number of anilines is 1. The monoisotopic (exact) mass is 264 g/mol. The molecule has 1 aromatic carbocycles. The van der Waals surface area contributed by atoms with Gasteiger partial charge in [-0.1, -0.05) is 25.1 Å². The topological polar surface area (TPSA) is 50.7 Å². The molecule has 0 aliphatic heterocycles. The first-order chi connectivity index (χ1) is 9.86. The summed E-state index contributed by atoms with van der Waals surface area (Å²) in [6.07, 6.45) is 2.87. The van der Waals surface area contributed by atoms with Crippen molar-refractivity contribution < 1.29 is 0 Å². The maximum absolute atomic E-state index is 4.36. The highest BCUT2D eigenvalue weighted by molar-refractivity contribution is 5.83. The number of fused-ring (bicyclic) bond motifs is 1. The largest absolute Gasteiger partial charge is 0.369 e. The molecule has 100 valence electrons. The predicted octanol–water partition coefficient (Wildman–Crippen LogP) is 3.51. The Labute approximate surface area is 117 Å². The van der Waals surface area contributed by atoms with E-state index in [0.29, 0.717) is 0 Å². The maximum atomic E-state index is 4.36. The summed E-state index contributed by atoms with van der Waals surface area (Å²) in [6, 6.07) is 14.1. The Morgan fingerprint density at radius 1 is 1.05 bits per heavy atom. The molecule has 1 N–H and O–H groups in total. The first-order valence-corrected chi connectivity index (χ1v) is 6.79. The molecule has 0 atom stereocenters. The van der Waals surface area contributed by atoms with Gasteiger partial charge in [-0.05, 0) is 30.7 Å². The van der Waals surface area contributed by atoms with Gasteiger partial charge < -0.3 is 5.32 Å². The highest BCUT2D eigenvalue weighted by Crippen LogP contribution is 2.21. The van der Waals surface area contributed by atoms with Crippen molar-refractivity contribution in [3.05, 3.63) is 48.7 Å². The molecule has 0 saturated heterocycles. The van der Waals surface area contributed by atoms with Gasteiger partial charge in [0.2, 0.25) is 0 Å². The molecule has 3 aromatic rings. The van der Waals surface area contributed by atoms with E-state index in [1.807, 2.05) is 30.3 Å². The van der Waals surface area contributed by atoms with E-state index in [1.165, 1.54) is 0 Å². The Bertz CT molecular complexity index is 707. The highest BCUT2D eigenvalue weighted by atomic mass is 15.2. The third-order valence-corrected chi connectivity index (χ3v) is 3.12. The number of benzene rings is 1. The zero-order chi connectivity index (χ0) is 13.8. The minimum Gasteiger partial charge on any atom is -0.369 e. The Morgan fingerprint density at radius 3 is 2.80 bits per heavy atom. The van der Waals surface area contributed by atoms with E-state index in [-0.39, 0.29) is 0 Å². The van der Waals surface area contributed by atoms with Gasteiger partial charge >= 0.3 is 0 Å². The molecule has 0 fully saturated rings. The number of pyridine rings is 1. The average Bonchev–Trinajstić information content (AvgIpc) is 2.53. The molecule has 2 heterocycles. The fraction of sp³-hybridized carbons (Fsp3) is 0.188. The van der Waals surface area contributed by atoms with E-state index < -0.39 is 0 Å². The quantitative estimate of drug-likeness (QED) is 0.783. The van der Waals surface area contributed by atoms with Gasteiger partial charge in [-0.25, -0.2) is 0 Å². The lowest BCUT2D eigenvalue weighted by Gasteiger charge is -2.05. The van der Waals surface area contributed by atoms with Gasteiger partial charge in [0.1, 0.15) is 5.82 Å². The van der Waals surface area contributed by atoms with Crippen LogP contribution in [0, 0.1) is 0 Å². The molecule has 0 aliphatic rings. The summed E-state index contributed by atoms with van der Waals surface area (Å²) >= 11 is 0. The lowest BCUT2D eigenvalue weighted by molar-refractivity contribution is 0.946. The van der Waals surface area contributed by atoms with E-state index in [9.17, 15) is 0 Å². The molecule has 2 aromatic heterocycles. The number of nitrogens with one attached hydrogen (secondary N) is 1. The smallest absolute Gasteiger partial charge is 0.148 e. The molecule has 0 radical (unpaired) electrons. The third-order valence-electron chi connectivity index (χ3n) is 3.12. The van der Waals surface area contributed by atoms with Crippen molar-refractivity contribution in [2.45, 2.75) is 13.3 Å². The van der Waals surface area contributed by atoms with Crippen LogP contribution in [0.3, 0.4) is 0 Å². The van der Waals surface area contributed by atoms with Crippen LogP contribution in [-0.2, 0) is 0 Å². The second kappa shape index (κ2) is 5.65. The standard InChI is InChI=1S/C16H16N4/c1-2-9-18-16-8-7-14(19-20-16)13-6-5-12-4-3-10-17-15(12)11-13/h3-8,10-11H,2,9H2,1H3,(H,18,20). The van der Waals surface area contributed by atoms with Crippen molar-refractivity contribution in [2.24, 2.45) is 0 Å². The van der Waals surface area contributed by atoms with Gasteiger partial charge in [0.05, 0.1) is 11.2 Å². The fourth-order valence-electron chi connectivity index (χ4n) is 2.06. The van der Waals surface area contributed by atoms with Crippen molar-refractivity contribution in [3.63, 3.8) is 0 Å². The Balaban J connectivity index is 1.90. The van der Waals surface area contributed by atoms with Crippen LogP contribution >= 0.6 is 0 Å². The Hall–Kier alpha value is -2.49. The van der Waals surface area contributed by atoms with E-state index in [1.54, 1.807) is 6.20 Å². The van der Waals surface area contributed by atoms with Crippen LogP contribution in [0.25, 0.3) is 22.2 Å². The predicted molar refractivity (Wildman–Crippen MR) is 81.5 cm³/mol. The van der Waals surface area contributed by atoms with Gasteiger partial charge in [-0.2, -0.15) is 0 Å².